The van der Waals surface area contributed by atoms with Crippen molar-refractivity contribution in [2.75, 3.05) is 31.7 Å². The number of fused-ring (bicyclic) bond motifs is 1. The maximum absolute atomic E-state index is 11.9. The molecule has 1 aromatic carbocycles. The van der Waals surface area contributed by atoms with Crippen LogP contribution in [0.3, 0.4) is 0 Å². The first-order chi connectivity index (χ1) is 10.3. The van der Waals surface area contributed by atoms with Gasteiger partial charge < -0.3 is 15.0 Å². The topological polar surface area (TPSA) is 41.6 Å². The summed E-state index contributed by atoms with van der Waals surface area (Å²) in [4.78, 5) is 13.6. The van der Waals surface area contributed by atoms with Crippen LogP contribution < -0.4 is 10.2 Å². The van der Waals surface area contributed by atoms with Gasteiger partial charge in [0, 0.05) is 25.8 Å². The molecule has 122 valence electrons. The van der Waals surface area contributed by atoms with Gasteiger partial charge in [-0.3, -0.25) is 4.79 Å². The maximum atomic E-state index is 11.9. The Kier molecular flexibility index (Phi) is 5.28. The normalized spacial score (nSPS) is 14.6. The van der Waals surface area contributed by atoms with Crippen molar-refractivity contribution in [3.05, 3.63) is 29.3 Å². The number of nitrogens with one attached hydrogen (secondary N) is 1. The van der Waals surface area contributed by atoms with Crippen LogP contribution in [0, 0.1) is 0 Å². The standard InChI is InChI=1S/C15H19F3N2O2/c1-20-6-2-3-12-7-11(4-5-13(12)20)8-19-14(21)9-22-10-15(16,17)18/h4-5,7H,2-3,6,8-10H2,1H3,(H,19,21). The average molecular weight is 316 g/mol. The zero-order chi connectivity index (χ0) is 16.2. The number of aryl methyl sites for hydroxylation is 1. The number of carbonyl (C=O) groups excluding carboxylic acids is 1. The molecular formula is C15H19F3N2O2. The summed E-state index contributed by atoms with van der Waals surface area (Å²) in [5.41, 5.74) is 3.35. The Bertz CT molecular complexity index is 532. The van der Waals surface area contributed by atoms with Crippen LogP contribution in [0.1, 0.15) is 17.5 Å². The molecule has 0 aromatic heterocycles. The third-order valence-electron chi connectivity index (χ3n) is 3.48. The molecule has 0 bridgehead atoms. The molecule has 1 aromatic rings. The lowest BCUT2D eigenvalue weighted by molar-refractivity contribution is -0.175. The van der Waals surface area contributed by atoms with Crippen molar-refractivity contribution >= 4 is 11.6 Å². The number of ether oxygens (including phenoxy) is 1. The van der Waals surface area contributed by atoms with E-state index in [0.717, 1.165) is 24.9 Å². The molecule has 1 aliphatic heterocycles. The molecule has 1 aliphatic rings. The van der Waals surface area contributed by atoms with Gasteiger partial charge in [0.25, 0.3) is 0 Å². The van der Waals surface area contributed by atoms with E-state index in [2.05, 4.69) is 15.0 Å². The molecule has 0 spiro atoms. The van der Waals surface area contributed by atoms with Crippen LogP contribution in [0.4, 0.5) is 18.9 Å². The SMILES string of the molecule is CN1CCCc2cc(CNC(=O)COCC(F)(F)F)ccc21. The highest BCUT2D eigenvalue weighted by Crippen LogP contribution is 2.26. The summed E-state index contributed by atoms with van der Waals surface area (Å²) in [6.07, 6.45) is -2.33. The fourth-order valence-corrected chi connectivity index (χ4v) is 2.46. The monoisotopic (exact) mass is 316 g/mol. The molecule has 1 heterocycles. The predicted molar refractivity (Wildman–Crippen MR) is 76.8 cm³/mol. The second-order valence-electron chi connectivity index (χ2n) is 5.37. The van der Waals surface area contributed by atoms with E-state index in [9.17, 15) is 18.0 Å². The third kappa shape index (κ3) is 4.91. The molecule has 0 saturated carbocycles. The van der Waals surface area contributed by atoms with Crippen molar-refractivity contribution in [1.29, 1.82) is 0 Å². The summed E-state index contributed by atoms with van der Waals surface area (Å²) in [7, 11) is 2.04. The minimum absolute atomic E-state index is 0.283. The second kappa shape index (κ2) is 7.00. The molecule has 0 unspecified atom stereocenters. The van der Waals surface area contributed by atoms with Gasteiger partial charge in [-0.25, -0.2) is 0 Å². The molecule has 4 nitrogen and oxygen atoms in total. The number of nitrogens with zero attached hydrogens (tertiary/aromatic N) is 1. The number of hydrogen-bond acceptors (Lipinski definition) is 3. The minimum atomic E-state index is -4.41. The van der Waals surface area contributed by atoms with Crippen LogP contribution in [0.2, 0.25) is 0 Å². The highest BCUT2D eigenvalue weighted by Gasteiger charge is 2.27. The number of halogens is 3. The fourth-order valence-electron chi connectivity index (χ4n) is 2.46. The van der Waals surface area contributed by atoms with E-state index in [-0.39, 0.29) is 6.54 Å². The molecule has 0 fully saturated rings. The molecule has 2 rings (SSSR count). The van der Waals surface area contributed by atoms with E-state index in [4.69, 9.17) is 0 Å². The van der Waals surface area contributed by atoms with E-state index in [1.165, 1.54) is 11.3 Å². The van der Waals surface area contributed by atoms with Crippen LogP contribution in [-0.2, 0) is 22.5 Å². The van der Waals surface area contributed by atoms with Gasteiger partial charge in [0.15, 0.2) is 0 Å². The Balaban J connectivity index is 1.81. The lowest BCUT2D eigenvalue weighted by Gasteiger charge is -2.27. The number of carbonyl (C=O) groups is 1. The largest absolute Gasteiger partial charge is 0.411 e. The summed E-state index contributed by atoms with van der Waals surface area (Å²) in [5, 5.41) is 2.56. The quantitative estimate of drug-likeness (QED) is 0.906. The summed E-state index contributed by atoms with van der Waals surface area (Å²) in [5.74, 6) is -0.556. The molecule has 0 radical (unpaired) electrons. The van der Waals surface area contributed by atoms with Crippen molar-refractivity contribution < 1.29 is 22.7 Å². The summed E-state index contributed by atoms with van der Waals surface area (Å²) >= 11 is 0. The Morgan fingerprint density at radius 1 is 1.41 bits per heavy atom. The van der Waals surface area contributed by atoms with Crippen molar-refractivity contribution in [2.45, 2.75) is 25.6 Å². The number of anilines is 1. The van der Waals surface area contributed by atoms with Crippen molar-refractivity contribution in [3.63, 3.8) is 0 Å². The Morgan fingerprint density at radius 3 is 2.91 bits per heavy atom. The van der Waals surface area contributed by atoms with Gasteiger partial charge >= 0.3 is 6.18 Å². The van der Waals surface area contributed by atoms with Gasteiger partial charge in [-0.05, 0) is 30.0 Å². The summed E-state index contributed by atoms with van der Waals surface area (Å²) in [6.45, 7) is -0.691. The van der Waals surface area contributed by atoms with Crippen LogP contribution in [0.15, 0.2) is 18.2 Å². The lowest BCUT2D eigenvalue weighted by atomic mass is 9.99. The number of hydrogen-bond donors (Lipinski definition) is 1. The van der Waals surface area contributed by atoms with Gasteiger partial charge in [0.05, 0.1) is 0 Å². The van der Waals surface area contributed by atoms with Crippen LogP contribution in [-0.4, -0.2) is 38.9 Å². The van der Waals surface area contributed by atoms with E-state index in [1.807, 2.05) is 25.2 Å². The van der Waals surface area contributed by atoms with E-state index in [1.54, 1.807) is 0 Å². The predicted octanol–water partition coefficient (Wildman–Crippen LogP) is 2.26. The molecule has 7 heteroatoms. The van der Waals surface area contributed by atoms with Gasteiger partial charge in [-0.2, -0.15) is 13.2 Å². The van der Waals surface area contributed by atoms with Crippen molar-refractivity contribution in [1.82, 2.24) is 5.32 Å². The Labute approximate surface area is 127 Å². The molecule has 0 saturated heterocycles. The summed E-state index contributed by atoms with van der Waals surface area (Å²) in [6, 6.07) is 5.95. The van der Waals surface area contributed by atoms with Gasteiger partial charge in [-0.1, -0.05) is 12.1 Å². The fraction of sp³-hybridized carbons (Fsp3) is 0.533. The van der Waals surface area contributed by atoms with Gasteiger partial charge in [0.2, 0.25) is 5.91 Å². The zero-order valence-corrected chi connectivity index (χ0v) is 12.4. The second-order valence-corrected chi connectivity index (χ2v) is 5.37. The highest BCUT2D eigenvalue weighted by molar-refractivity contribution is 5.77. The van der Waals surface area contributed by atoms with E-state index < -0.39 is 25.3 Å². The Hall–Kier alpha value is -1.76. The average Bonchev–Trinajstić information content (AvgIpc) is 2.44. The smallest absolute Gasteiger partial charge is 0.374 e. The molecule has 1 N–H and O–H groups in total. The number of benzene rings is 1. The first-order valence-corrected chi connectivity index (χ1v) is 7.09. The molecule has 1 amide bonds. The number of amides is 1. The van der Waals surface area contributed by atoms with Crippen LogP contribution in [0.5, 0.6) is 0 Å². The Morgan fingerprint density at radius 2 is 2.18 bits per heavy atom. The van der Waals surface area contributed by atoms with Crippen LogP contribution in [0.25, 0.3) is 0 Å². The minimum Gasteiger partial charge on any atom is -0.374 e. The van der Waals surface area contributed by atoms with Gasteiger partial charge in [-0.15, -0.1) is 0 Å². The first-order valence-electron chi connectivity index (χ1n) is 7.09. The third-order valence-corrected chi connectivity index (χ3v) is 3.48. The molecule has 22 heavy (non-hydrogen) atoms. The van der Waals surface area contributed by atoms with Crippen molar-refractivity contribution in [2.24, 2.45) is 0 Å². The lowest BCUT2D eigenvalue weighted by Crippen LogP contribution is -2.29. The maximum Gasteiger partial charge on any atom is 0.411 e. The number of alkyl halides is 3. The summed E-state index contributed by atoms with van der Waals surface area (Å²) < 4.78 is 40.0. The van der Waals surface area contributed by atoms with E-state index >= 15 is 0 Å². The first kappa shape index (κ1) is 16.6. The van der Waals surface area contributed by atoms with E-state index in [0.29, 0.717) is 0 Å². The van der Waals surface area contributed by atoms with Crippen molar-refractivity contribution in [3.8, 4) is 0 Å². The molecular weight excluding hydrogens is 297 g/mol. The highest BCUT2D eigenvalue weighted by atomic mass is 19.4. The molecule has 0 atom stereocenters. The number of rotatable bonds is 5. The molecule has 0 aliphatic carbocycles. The van der Waals surface area contributed by atoms with Gasteiger partial charge in [0.1, 0.15) is 13.2 Å². The van der Waals surface area contributed by atoms with Crippen LogP contribution >= 0.6 is 0 Å². The zero-order valence-electron chi connectivity index (χ0n) is 12.4.